The number of hydrogen-bond donors (Lipinski definition) is 1. The molecule has 1 amide bonds. The molecule has 0 atom stereocenters. The van der Waals surface area contributed by atoms with Crippen LogP contribution in [0, 0.1) is 25.1 Å². The van der Waals surface area contributed by atoms with Crippen LogP contribution in [0.25, 0.3) is 0 Å². The van der Waals surface area contributed by atoms with Gasteiger partial charge in [0, 0.05) is 0 Å². The van der Waals surface area contributed by atoms with Crippen molar-refractivity contribution in [3.8, 4) is 12.3 Å². The van der Waals surface area contributed by atoms with Gasteiger partial charge in [0.05, 0.1) is 5.69 Å². The molecule has 0 unspecified atom stereocenters. The van der Waals surface area contributed by atoms with E-state index in [1.165, 1.54) is 12.1 Å². The van der Waals surface area contributed by atoms with Crippen LogP contribution in [0.15, 0.2) is 18.2 Å². The van der Waals surface area contributed by atoms with E-state index in [4.69, 9.17) is 6.42 Å². The Balaban J connectivity index is 2.91. The lowest BCUT2D eigenvalue weighted by atomic mass is 10.2. The minimum atomic E-state index is -0.650. The molecule has 0 aliphatic carbocycles. The summed E-state index contributed by atoms with van der Waals surface area (Å²) in [5, 5.41) is 2.24. The molecule has 1 aromatic carbocycles. The molecule has 66 valence electrons. The molecule has 0 aliphatic rings. The molecular formula is C10H8FNO. The number of carbonyl (C=O) groups is 1. The van der Waals surface area contributed by atoms with Gasteiger partial charge in [-0.15, -0.1) is 6.42 Å². The van der Waals surface area contributed by atoms with Gasteiger partial charge in [0.1, 0.15) is 5.82 Å². The average molecular weight is 177 g/mol. The first-order valence-corrected chi connectivity index (χ1v) is 3.67. The fourth-order valence-corrected chi connectivity index (χ4v) is 0.880. The lowest BCUT2D eigenvalue weighted by Gasteiger charge is -2.02. The SMILES string of the molecule is C#CC(=O)Nc1ccc(C)cc1F. The Bertz CT molecular complexity index is 379. The first kappa shape index (κ1) is 9.27. The van der Waals surface area contributed by atoms with E-state index in [1.807, 2.05) is 5.92 Å². The normalized spacial score (nSPS) is 9.00. The first-order chi connectivity index (χ1) is 6.13. The van der Waals surface area contributed by atoms with Crippen molar-refractivity contribution in [3.05, 3.63) is 29.6 Å². The van der Waals surface area contributed by atoms with E-state index >= 15 is 0 Å². The number of rotatable bonds is 1. The molecular weight excluding hydrogens is 169 g/mol. The van der Waals surface area contributed by atoms with Crippen molar-refractivity contribution < 1.29 is 9.18 Å². The van der Waals surface area contributed by atoms with Crippen LogP contribution in [0.2, 0.25) is 0 Å². The van der Waals surface area contributed by atoms with Crippen LogP contribution in [0.5, 0.6) is 0 Å². The van der Waals surface area contributed by atoms with Crippen LogP contribution >= 0.6 is 0 Å². The Hall–Kier alpha value is -1.82. The quantitative estimate of drug-likeness (QED) is 0.650. The molecule has 1 aromatic rings. The summed E-state index contributed by atoms with van der Waals surface area (Å²) in [4.78, 5) is 10.7. The lowest BCUT2D eigenvalue weighted by Crippen LogP contribution is -2.09. The summed E-state index contributed by atoms with van der Waals surface area (Å²) < 4.78 is 13.1. The predicted molar refractivity (Wildman–Crippen MR) is 48.6 cm³/mol. The highest BCUT2D eigenvalue weighted by Gasteiger charge is 2.03. The topological polar surface area (TPSA) is 29.1 Å². The van der Waals surface area contributed by atoms with Gasteiger partial charge in [-0.1, -0.05) is 6.07 Å². The molecule has 3 heteroatoms. The minimum Gasteiger partial charge on any atom is -0.313 e. The Morgan fingerprint density at radius 3 is 2.85 bits per heavy atom. The van der Waals surface area contributed by atoms with Crippen LogP contribution in [-0.2, 0) is 4.79 Å². The molecule has 0 saturated carbocycles. The minimum absolute atomic E-state index is 0.105. The van der Waals surface area contributed by atoms with Crippen molar-refractivity contribution in [2.24, 2.45) is 0 Å². The van der Waals surface area contributed by atoms with Gasteiger partial charge in [-0.2, -0.15) is 0 Å². The largest absolute Gasteiger partial charge is 0.313 e. The molecule has 1 N–H and O–H groups in total. The number of amides is 1. The van der Waals surface area contributed by atoms with Crippen LogP contribution in [-0.4, -0.2) is 5.91 Å². The van der Waals surface area contributed by atoms with E-state index in [1.54, 1.807) is 13.0 Å². The number of nitrogens with one attached hydrogen (secondary N) is 1. The van der Waals surface area contributed by atoms with Crippen molar-refractivity contribution in [2.75, 3.05) is 5.32 Å². The number of carbonyl (C=O) groups excluding carboxylic acids is 1. The molecule has 0 spiro atoms. The van der Waals surface area contributed by atoms with E-state index < -0.39 is 11.7 Å². The number of terminal acetylenes is 1. The van der Waals surface area contributed by atoms with Crippen LogP contribution in [0.1, 0.15) is 5.56 Å². The van der Waals surface area contributed by atoms with Crippen molar-refractivity contribution in [1.29, 1.82) is 0 Å². The number of benzene rings is 1. The third-order valence-electron chi connectivity index (χ3n) is 1.50. The molecule has 0 aliphatic heterocycles. The van der Waals surface area contributed by atoms with E-state index in [9.17, 15) is 9.18 Å². The average Bonchev–Trinajstić information content (AvgIpc) is 2.09. The Kier molecular flexibility index (Phi) is 2.65. The maximum absolute atomic E-state index is 13.1. The van der Waals surface area contributed by atoms with Gasteiger partial charge in [0.25, 0.3) is 5.91 Å². The maximum atomic E-state index is 13.1. The third kappa shape index (κ3) is 2.31. The summed E-state index contributed by atoms with van der Waals surface area (Å²) in [5.41, 5.74) is 0.893. The summed E-state index contributed by atoms with van der Waals surface area (Å²) in [5.74, 6) is 0.706. The highest BCUT2D eigenvalue weighted by molar-refractivity contribution is 6.03. The zero-order valence-corrected chi connectivity index (χ0v) is 7.10. The Morgan fingerprint density at radius 1 is 1.62 bits per heavy atom. The van der Waals surface area contributed by atoms with E-state index in [0.717, 1.165) is 5.56 Å². The van der Waals surface area contributed by atoms with Gasteiger partial charge in [-0.05, 0) is 30.5 Å². The summed E-state index contributed by atoms with van der Waals surface area (Å²) in [6.07, 6.45) is 4.82. The molecule has 0 bridgehead atoms. The second kappa shape index (κ2) is 3.72. The molecule has 0 radical (unpaired) electrons. The van der Waals surface area contributed by atoms with Crippen molar-refractivity contribution in [2.45, 2.75) is 6.92 Å². The van der Waals surface area contributed by atoms with Crippen molar-refractivity contribution >= 4 is 11.6 Å². The van der Waals surface area contributed by atoms with Gasteiger partial charge in [-0.25, -0.2) is 4.39 Å². The zero-order valence-electron chi connectivity index (χ0n) is 7.10. The number of hydrogen-bond acceptors (Lipinski definition) is 1. The Labute approximate surface area is 75.8 Å². The highest BCUT2D eigenvalue weighted by atomic mass is 19.1. The van der Waals surface area contributed by atoms with Gasteiger partial charge in [0.15, 0.2) is 0 Å². The molecule has 0 fully saturated rings. The standard InChI is InChI=1S/C10H8FNO/c1-3-10(13)12-9-5-4-7(2)6-8(9)11/h1,4-6H,2H3,(H,12,13). The third-order valence-corrected chi connectivity index (χ3v) is 1.50. The predicted octanol–water partition coefficient (Wildman–Crippen LogP) is 1.71. The van der Waals surface area contributed by atoms with Crippen LogP contribution < -0.4 is 5.32 Å². The molecule has 1 rings (SSSR count). The highest BCUT2D eigenvalue weighted by Crippen LogP contribution is 2.14. The van der Waals surface area contributed by atoms with Crippen LogP contribution in [0.4, 0.5) is 10.1 Å². The number of halogens is 1. The summed E-state index contributed by atoms with van der Waals surface area (Å²) >= 11 is 0. The summed E-state index contributed by atoms with van der Waals surface area (Å²) in [6, 6.07) is 4.49. The number of aryl methyl sites for hydroxylation is 1. The number of anilines is 1. The fraction of sp³-hybridized carbons (Fsp3) is 0.100. The first-order valence-electron chi connectivity index (χ1n) is 3.67. The van der Waals surface area contributed by atoms with Gasteiger partial charge in [0.2, 0.25) is 0 Å². The Morgan fingerprint density at radius 2 is 2.31 bits per heavy atom. The molecule has 0 saturated heterocycles. The zero-order chi connectivity index (χ0) is 9.84. The van der Waals surface area contributed by atoms with E-state index in [0.29, 0.717) is 0 Å². The van der Waals surface area contributed by atoms with Gasteiger partial charge in [-0.3, -0.25) is 4.79 Å². The molecule has 0 aromatic heterocycles. The van der Waals surface area contributed by atoms with Crippen molar-refractivity contribution in [3.63, 3.8) is 0 Å². The van der Waals surface area contributed by atoms with Crippen LogP contribution in [0.3, 0.4) is 0 Å². The molecule has 2 nitrogen and oxygen atoms in total. The maximum Gasteiger partial charge on any atom is 0.300 e. The fourth-order valence-electron chi connectivity index (χ4n) is 0.880. The van der Waals surface area contributed by atoms with E-state index in [-0.39, 0.29) is 5.69 Å². The molecule has 13 heavy (non-hydrogen) atoms. The summed E-state index contributed by atoms with van der Waals surface area (Å²) in [7, 11) is 0. The van der Waals surface area contributed by atoms with E-state index in [2.05, 4.69) is 5.32 Å². The van der Waals surface area contributed by atoms with Gasteiger partial charge < -0.3 is 5.32 Å². The molecule has 0 heterocycles. The summed E-state index contributed by atoms with van der Waals surface area (Å²) in [6.45, 7) is 1.76. The lowest BCUT2D eigenvalue weighted by molar-refractivity contribution is -0.111. The second-order valence-electron chi connectivity index (χ2n) is 2.58. The monoisotopic (exact) mass is 177 g/mol. The van der Waals surface area contributed by atoms with Gasteiger partial charge >= 0.3 is 0 Å². The smallest absolute Gasteiger partial charge is 0.300 e. The van der Waals surface area contributed by atoms with Crippen molar-refractivity contribution in [1.82, 2.24) is 0 Å². The second-order valence-corrected chi connectivity index (χ2v) is 2.58.